The first-order chi connectivity index (χ1) is 13.8. The van der Waals surface area contributed by atoms with Gasteiger partial charge >= 0.3 is 11.9 Å². The van der Waals surface area contributed by atoms with E-state index in [0.717, 1.165) is 32.1 Å². The minimum absolute atomic E-state index is 0.0946. The summed E-state index contributed by atoms with van der Waals surface area (Å²) in [4.78, 5) is 23.9. The van der Waals surface area contributed by atoms with Gasteiger partial charge in [0.25, 0.3) is 0 Å². The van der Waals surface area contributed by atoms with Gasteiger partial charge in [-0.05, 0) is 75.0 Å². The fourth-order valence-corrected chi connectivity index (χ4v) is 9.43. The molecule has 5 aliphatic carbocycles. The van der Waals surface area contributed by atoms with Crippen LogP contribution in [0.1, 0.15) is 51.9 Å². The van der Waals surface area contributed by atoms with Gasteiger partial charge in [0.15, 0.2) is 0 Å². The molecular weight excluding hydrogens is 368 g/mol. The van der Waals surface area contributed by atoms with Crippen molar-refractivity contribution in [1.29, 1.82) is 0 Å². The smallest absolute Gasteiger partial charge is 0.333 e. The molecule has 0 amide bonds. The van der Waals surface area contributed by atoms with Crippen LogP contribution in [0.2, 0.25) is 0 Å². The van der Waals surface area contributed by atoms with Crippen molar-refractivity contribution in [3.8, 4) is 0 Å². The second-order valence-corrected chi connectivity index (χ2v) is 10.6. The van der Waals surface area contributed by atoms with Crippen molar-refractivity contribution in [3.63, 3.8) is 0 Å². The molecule has 0 saturated heterocycles. The standard InChI is InChI=1S/C24H32O5/c1-14(2)21(28)29-13-24-20(15-6-8-22(24,10-15)12-25)17-11-23(24,9-7-19(26)27)18-5-3-4-16(17)18/h7,9,15-18,20,25H,1,3-6,8,10-13H2,2H3,(H,26,27). The van der Waals surface area contributed by atoms with Crippen LogP contribution < -0.4 is 0 Å². The molecule has 0 heterocycles. The maximum atomic E-state index is 12.4. The Morgan fingerprint density at radius 3 is 2.69 bits per heavy atom. The fraction of sp³-hybridized carbons (Fsp3) is 0.750. The van der Waals surface area contributed by atoms with Crippen molar-refractivity contribution in [2.75, 3.05) is 13.2 Å². The number of allylic oxidation sites excluding steroid dienone is 1. The minimum atomic E-state index is -0.920. The lowest BCUT2D eigenvalue weighted by molar-refractivity contribution is -0.179. The molecule has 5 fully saturated rings. The number of carbonyl (C=O) groups is 2. The molecule has 8 unspecified atom stereocenters. The largest absolute Gasteiger partial charge is 0.478 e. The quantitative estimate of drug-likeness (QED) is 0.404. The molecule has 0 aromatic heterocycles. The number of carboxylic acid groups (broad SMARTS) is 1. The second-order valence-electron chi connectivity index (χ2n) is 10.6. The molecule has 0 aromatic rings. The van der Waals surface area contributed by atoms with Crippen molar-refractivity contribution in [2.24, 2.45) is 45.8 Å². The molecule has 5 aliphatic rings. The Bertz CT molecular complexity index is 801. The zero-order valence-electron chi connectivity index (χ0n) is 17.2. The predicted octanol–water partition coefficient (Wildman–Crippen LogP) is 3.58. The van der Waals surface area contributed by atoms with Crippen molar-refractivity contribution >= 4 is 11.9 Å². The summed E-state index contributed by atoms with van der Waals surface area (Å²) in [5.74, 6) is 1.32. The molecular formula is C24H32O5. The van der Waals surface area contributed by atoms with Crippen LogP contribution in [0.15, 0.2) is 24.3 Å². The Morgan fingerprint density at radius 1 is 1.21 bits per heavy atom. The van der Waals surface area contributed by atoms with Crippen LogP contribution in [0.5, 0.6) is 0 Å². The van der Waals surface area contributed by atoms with Gasteiger partial charge in [-0.25, -0.2) is 9.59 Å². The van der Waals surface area contributed by atoms with Gasteiger partial charge in [-0.2, -0.15) is 0 Å². The van der Waals surface area contributed by atoms with Crippen LogP contribution >= 0.6 is 0 Å². The molecule has 0 spiro atoms. The van der Waals surface area contributed by atoms with Gasteiger partial charge in [0, 0.05) is 34.5 Å². The maximum absolute atomic E-state index is 12.4. The van der Waals surface area contributed by atoms with E-state index < -0.39 is 5.97 Å². The van der Waals surface area contributed by atoms with Gasteiger partial charge in [0.05, 0.1) is 6.61 Å². The second kappa shape index (κ2) is 6.19. The molecule has 158 valence electrons. The Hall–Kier alpha value is -1.62. The first kappa shape index (κ1) is 19.3. The highest BCUT2D eigenvalue weighted by Gasteiger charge is 2.83. The van der Waals surface area contributed by atoms with Crippen LogP contribution in [0.25, 0.3) is 0 Å². The molecule has 5 nitrogen and oxygen atoms in total. The Balaban J connectivity index is 1.67. The van der Waals surface area contributed by atoms with Crippen molar-refractivity contribution in [1.82, 2.24) is 0 Å². The average Bonchev–Trinajstić information content (AvgIpc) is 3.46. The molecule has 0 radical (unpaired) electrons. The average molecular weight is 401 g/mol. The maximum Gasteiger partial charge on any atom is 0.333 e. The Kier molecular flexibility index (Phi) is 4.13. The molecule has 5 heteroatoms. The lowest BCUT2D eigenvalue weighted by Crippen LogP contribution is -2.60. The van der Waals surface area contributed by atoms with Gasteiger partial charge in [0.2, 0.25) is 0 Å². The van der Waals surface area contributed by atoms with Crippen molar-refractivity contribution < 1.29 is 24.5 Å². The van der Waals surface area contributed by atoms with Gasteiger partial charge < -0.3 is 14.9 Å². The lowest BCUT2D eigenvalue weighted by atomic mass is 9.44. The van der Waals surface area contributed by atoms with Gasteiger partial charge in [-0.3, -0.25) is 0 Å². The third-order valence-electron chi connectivity index (χ3n) is 9.92. The number of aliphatic hydroxyl groups excluding tert-OH is 1. The number of aliphatic carboxylic acids is 1. The fourth-order valence-electron chi connectivity index (χ4n) is 9.43. The summed E-state index contributed by atoms with van der Waals surface area (Å²) in [6.07, 6.45) is 10.9. The van der Waals surface area contributed by atoms with E-state index in [-0.39, 0.29) is 35.4 Å². The van der Waals surface area contributed by atoms with E-state index in [2.05, 4.69) is 6.58 Å². The molecule has 0 aromatic carbocycles. The number of carboxylic acids is 1. The normalized spacial score (nSPS) is 48.8. The first-order valence-electron chi connectivity index (χ1n) is 11.2. The Labute approximate surface area is 172 Å². The molecule has 8 atom stereocenters. The van der Waals surface area contributed by atoms with E-state index in [1.807, 2.05) is 6.08 Å². The number of rotatable bonds is 6. The van der Waals surface area contributed by atoms with Crippen LogP contribution in [-0.2, 0) is 14.3 Å². The van der Waals surface area contributed by atoms with E-state index in [0.29, 0.717) is 35.2 Å². The molecule has 2 N–H and O–H groups in total. The summed E-state index contributed by atoms with van der Waals surface area (Å²) in [7, 11) is 0. The van der Waals surface area contributed by atoms with Gasteiger partial charge in [-0.1, -0.05) is 19.1 Å². The number of ether oxygens (including phenoxy) is 1. The monoisotopic (exact) mass is 400 g/mol. The number of aliphatic hydroxyl groups is 1. The highest BCUT2D eigenvalue weighted by atomic mass is 16.5. The zero-order chi connectivity index (χ0) is 20.6. The van der Waals surface area contributed by atoms with Crippen LogP contribution in [0, 0.1) is 45.8 Å². The minimum Gasteiger partial charge on any atom is -0.478 e. The lowest BCUT2D eigenvalue weighted by Gasteiger charge is -2.60. The summed E-state index contributed by atoms with van der Waals surface area (Å²) in [6.45, 7) is 5.77. The number of carbonyl (C=O) groups excluding carboxylic acids is 1. The van der Waals surface area contributed by atoms with Crippen molar-refractivity contribution in [2.45, 2.75) is 51.9 Å². The number of hydrogen-bond donors (Lipinski definition) is 2. The van der Waals surface area contributed by atoms with E-state index in [1.54, 1.807) is 6.92 Å². The summed E-state index contributed by atoms with van der Waals surface area (Å²) >= 11 is 0. The third-order valence-corrected chi connectivity index (χ3v) is 9.92. The number of hydrogen-bond acceptors (Lipinski definition) is 4. The first-order valence-corrected chi connectivity index (χ1v) is 11.2. The summed E-state index contributed by atoms with van der Waals surface area (Å²) in [5.41, 5.74) is -0.542. The van der Waals surface area contributed by atoms with Crippen LogP contribution in [0.3, 0.4) is 0 Å². The third kappa shape index (κ3) is 2.15. The van der Waals surface area contributed by atoms with E-state index in [1.165, 1.54) is 18.9 Å². The zero-order valence-corrected chi connectivity index (χ0v) is 17.2. The molecule has 5 rings (SSSR count). The highest BCUT2D eigenvalue weighted by molar-refractivity contribution is 5.87. The molecule has 0 aliphatic heterocycles. The van der Waals surface area contributed by atoms with E-state index >= 15 is 0 Å². The summed E-state index contributed by atoms with van der Waals surface area (Å²) in [5, 5.41) is 20.2. The molecule has 4 bridgehead atoms. The topological polar surface area (TPSA) is 83.8 Å². The van der Waals surface area contributed by atoms with Crippen LogP contribution in [0.4, 0.5) is 0 Å². The van der Waals surface area contributed by atoms with Gasteiger partial charge in [0.1, 0.15) is 0 Å². The van der Waals surface area contributed by atoms with Crippen LogP contribution in [-0.4, -0.2) is 35.4 Å². The van der Waals surface area contributed by atoms with Crippen molar-refractivity contribution in [3.05, 3.63) is 24.3 Å². The number of esters is 1. The summed E-state index contributed by atoms with van der Waals surface area (Å²) in [6, 6.07) is 0. The van der Waals surface area contributed by atoms with E-state index in [9.17, 15) is 19.8 Å². The SMILES string of the molecule is C=C(C)C(=O)OCC12C(C3CCC1(CO)C3)C1CC2(C=CC(=O)O)C2CCCC12. The summed E-state index contributed by atoms with van der Waals surface area (Å²) < 4.78 is 5.87. The molecule has 5 saturated carbocycles. The molecule has 29 heavy (non-hydrogen) atoms. The number of fused-ring (bicyclic) bond motifs is 12. The highest BCUT2D eigenvalue weighted by Crippen LogP contribution is 2.86. The van der Waals surface area contributed by atoms with Gasteiger partial charge in [-0.15, -0.1) is 0 Å². The van der Waals surface area contributed by atoms with E-state index in [4.69, 9.17) is 4.74 Å². The predicted molar refractivity (Wildman–Crippen MR) is 107 cm³/mol. The Morgan fingerprint density at radius 2 is 2.00 bits per heavy atom.